The highest BCUT2D eigenvalue weighted by molar-refractivity contribution is 5.32. The van der Waals surface area contributed by atoms with E-state index in [2.05, 4.69) is 17.2 Å². The molecule has 4 heteroatoms. The van der Waals surface area contributed by atoms with Crippen LogP contribution in [0.2, 0.25) is 0 Å². The highest BCUT2D eigenvalue weighted by Gasteiger charge is 2.13. The number of nitrogen functional groups attached to an aromatic ring is 1. The summed E-state index contributed by atoms with van der Waals surface area (Å²) < 4.78 is 5.44. The molecule has 0 fully saturated rings. The van der Waals surface area contributed by atoms with Crippen molar-refractivity contribution >= 4 is 5.82 Å². The minimum absolute atomic E-state index is 0.178. The second-order valence-corrected chi connectivity index (χ2v) is 3.92. The second-order valence-electron chi connectivity index (χ2n) is 3.92. The molecule has 17 heavy (non-hydrogen) atoms. The Morgan fingerprint density at radius 2 is 2.35 bits per heavy atom. The number of pyridine rings is 1. The van der Waals surface area contributed by atoms with Crippen molar-refractivity contribution in [1.82, 2.24) is 10.3 Å². The maximum Gasteiger partial charge on any atom is 0.123 e. The number of aromatic nitrogens is 1. The van der Waals surface area contributed by atoms with E-state index >= 15 is 0 Å². The van der Waals surface area contributed by atoms with E-state index in [1.165, 1.54) is 0 Å². The molecule has 0 radical (unpaired) electrons. The molecular formula is C13H17N3O. The Balaban J connectivity index is 2.13. The number of furan rings is 1. The summed E-state index contributed by atoms with van der Waals surface area (Å²) in [6.45, 7) is 2.97. The van der Waals surface area contributed by atoms with E-state index in [9.17, 15) is 0 Å². The molecule has 2 heterocycles. The first-order valence-corrected chi connectivity index (χ1v) is 5.76. The SMILES string of the molecule is CCNC(Cc1ccnc(N)c1)c1ccco1. The first-order valence-electron chi connectivity index (χ1n) is 5.76. The summed E-state index contributed by atoms with van der Waals surface area (Å²) in [5, 5.41) is 3.40. The Morgan fingerprint density at radius 3 is 3.00 bits per heavy atom. The van der Waals surface area contributed by atoms with Gasteiger partial charge < -0.3 is 15.5 Å². The summed E-state index contributed by atoms with van der Waals surface area (Å²) in [7, 11) is 0. The minimum Gasteiger partial charge on any atom is -0.468 e. The smallest absolute Gasteiger partial charge is 0.123 e. The van der Waals surface area contributed by atoms with Crippen molar-refractivity contribution in [2.75, 3.05) is 12.3 Å². The van der Waals surface area contributed by atoms with Crippen molar-refractivity contribution in [3.05, 3.63) is 48.0 Å². The van der Waals surface area contributed by atoms with Crippen molar-refractivity contribution in [2.24, 2.45) is 0 Å². The zero-order valence-corrected chi connectivity index (χ0v) is 9.89. The maximum absolute atomic E-state index is 5.67. The lowest BCUT2D eigenvalue weighted by Gasteiger charge is -2.15. The van der Waals surface area contributed by atoms with Gasteiger partial charge in [0, 0.05) is 6.20 Å². The largest absolute Gasteiger partial charge is 0.468 e. The van der Waals surface area contributed by atoms with Gasteiger partial charge in [-0.3, -0.25) is 0 Å². The van der Waals surface area contributed by atoms with Crippen LogP contribution in [0.5, 0.6) is 0 Å². The molecule has 0 saturated heterocycles. The van der Waals surface area contributed by atoms with Crippen molar-refractivity contribution in [3.63, 3.8) is 0 Å². The van der Waals surface area contributed by atoms with E-state index in [0.717, 1.165) is 24.3 Å². The standard InChI is InChI=1S/C13H17N3O/c1-2-15-11(12-4-3-7-17-12)8-10-5-6-16-13(14)9-10/h3-7,9,11,15H,2,8H2,1H3,(H2,14,16). The molecule has 0 spiro atoms. The van der Waals surface area contributed by atoms with Gasteiger partial charge in [0.05, 0.1) is 12.3 Å². The van der Waals surface area contributed by atoms with Crippen LogP contribution in [0.15, 0.2) is 41.1 Å². The average molecular weight is 231 g/mol. The number of hydrogen-bond acceptors (Lipinski definition) is 4. The molecule has 0 aliphatic carbocycles. The van der Waals surface area contributed by atoms with Crippen LogP contribution in [0, 0.1) is 0 Å². The molecule has 1 atom stereocenters. The molecule has 3 N–H and O–H groups in total. The Labute approximate surface area is 101 Å². The lowest BCUT2D eigenvalue weighted by molar-refractivity contribution is 0.416. The first kappa shape index (κ1) is 11.7. The number of anilines is 1. The predicted octanol–water partition coefficient (Wildman–Crippen LogP) is 2.15. The molecule has 0 aliphatic rings. The van der Waals surface area contributed by atoms with E-state index in [1.54, 1.807) is 12.5 Å². The molecule has 1 unspecified atom stereocenters. The molecule has 0 bridgehead atoms. The summed E-state index contributed by atoms with van der Waals surface area (Å²) in [6.07, 6.45) is 4.27. The summed E-state index contributed by atoms with van der Waals surface area (Å²) >= 11 is 0. The van der Waals surface area contributed by atoms with Crippen molar-refractivity contribution in [1.29, 1.82) is 0 Å². The third-order valence-electron chi connectivity index (χ3n) is 2.62. The monoisotopic (exact) mass is 231 g/mol. The average Bonchev–Trinajstić information content (AvgIpc) is 2.82. The molecule has 2 rings (SSSR count). The predicted molar refractivity (Wildman–Crippen MR) is 67.5 cm³/mol. The number of nitrogens with two attached hydrogens (primary N) is 1. The fraction of sp³-hybridized carbons (Fsp3) is 0.308. The Bertz CT molecular complexity index is 453. The number of likely N-dealkylation sites (N-methyl/N-ethyl adjacent to an activating group) is 1. The fourth-order valence-electron chi connectivity index (χ4n) is 1.87. The molecule has 0 aromatic carbocycles. The van der Waals surface area contributed by atoms with Crippen LogP contribution in [0.4, 0.5) is 5.82 Å². The van der Waals surface area contributed by atoms with Crippen LogP contribution in [0.3, 0.4) is 0 Å². The number of hydrogen-bond donors (Lipinski definition) is 2. The van der Waals surface area contributed by atoms with Crippen LogP contribution >= 0.6 is 0 Å². The van der Waals surface area contributed by atoms with Gasteiger partial charge in [0.2, 0.25) is 0 Å². The van der Waals surface area contributed by atoms with Gasteiger partial charge in [-0.15, -0.1) is 0 Å². The van der Waals surface area contributed by atoms with Crippen LogP contribution in [0.1, 0.15) is 24.3 Å². The lowest BCUT2D eigenvalue weighted by Crippen LogP contribution is -2.22. The molecule has 0 saturated carbocycles. The van der Waals surface area contributed by atoms with Gasteiger partial charge in [0.25, 0.3) is 0 Å². The number of nitrogens with zero attached hydrogens (tertiary/aromatic N) is 1. The van der Waals surface area contributed by atoms with Crippen molar-refractivity contribution in [3.8, 4) is 0 Å². The fourth-order valence-corrected chi connectivity index (χ4v) is 1.87. The molecule has 2 aromatic heterocycles. The topological polar surface area (TPSA) is 64.1 Å². The van der Waals surface area contributed by atoms with Gasteiger partial charge in [-0.05, 0) is 42.8 Å². The maximum atomic E-state index is 5.67. The van der Waals surface area contributed by atoms with Gasteiger partial charge in [-0.1, -0.05) is 6.92 Å². The Hall–Kier alpha value is -1.81. The van der Waals surface area contributed by atoms with Crippen molar-refractivity contribution in [2.45, 2.75) is 19.4 Å². The third-order valence-corrected chi connectivity index (χ3v) is 2.62. The highest BCUT2D eigenvalue weighted by Crippen LogP contribution is 2.19. The second kappa shape index (κ2) is 5.50. The van der Waals surface area contributed by atoms with E-state index in [4.69, 9.17) is 10.2 Å². The highest BCUT2D eigenvalue weighted by atomic mass is 16.3. The van der Waals surface area contributed by atoms with Crippen LogP contribution in [-0.4, -0.2) is 11.5 Å². The summed E-state index contributed by atoms with van der Waals surface area (Å²) in [4.78, 5) is 3.99. The quantitative estimate of drug-likeness (QED) is 0.827. The minimum atomic E-state index is 0.178. The van der Waals surface area contributed by atoms with E-state index in [-0.39, 0.29) is 6.04 Å². The number of nitrogens with one attached hydrogen (secondary N) is 1. The van der Waals surface area contributed by atoms with Gasteiger partial charge in [-0.25, -0.2) is 4.98 Å². The molecular weight excluding hydrogens is 214 g/mol. The van der Waals surface area contributed by atoms with Crippen molar-refractivity contribution < 1.29 is 4.42 Å². The van der Waals surface area contributed by atoms with Crippen LogP contribution in [0.25, 0.3) is 0 Å². The lowest BCUT2D eigenvalue weighted by atomic mass is 10.0. The van der Waals surface area contributed by atoms with Gasteiger partial charge in [0.15, 0.2) is 0 Å². The summed E-state index contributed by atoms with van der Waals surface area (Å²) in [5.41, 5.74) is 6.82. The Morgan fingerprint density at radius 1 is 1.47 bits per heavy atom. The zero-order chi connectivity index (χ0) is 12.1. The molecule has 0 amide bonds. The summed E-state index contributed by atoms with van der Waals surface area (Å²) in [5.74, 6) is 1.50. The molecule has 2 aromatic rings. The van der Waals surface area contributed by atoms with E-state index < -0.39 is 0 Å². The zero-order valence-electron chi connectivity index (χ0n) is 9.89. The Kier molecular flexibility index (Phi) is 3.77. The van der Waals surface area contributed by atoms with Gasteiger partial charge >= 0.3 is 0 Å². The summed E-state index contributed by atoms with van der Waals surface area (Å²) in [6, 6.07) is 7.94. The first-order chi connectivity index (χ1) is 8.29. The van der Waals surface area contributed by atoms with E-state index in [1.807, 2.05) is 24.3 Å². The molecule has 0 aliphatic heterocycles. The third kappa shape index (κ3) is 3.07. The van der Waals surface area contributed by atoms with Crippen LogP contribution in [-0.2, 0) is 6.42 Å². The van der Waals surface area contributed by atoms with E-state index in [0.29, 0.717) is 5.82 Å². The normalized spacial score (nSPS) is 12.5. The van der Waals surface area contributed by atoms with Gasteiger partial charge in [-0.2, -0.15) is 0 Å². The molecule has 90 valence electrons. The van der Waals surface area contributed by atoms with Gasteiger partial charge in [0.1, 0.15) is 11.6 Å². The van der Waals surface area contributed by atoms with Crippen LogP contribution < -0.4 is 11.1 Å². The molecule has 4 nitrogen and oxygen atoms in total. The number of rotatable bonds is 5.